The van der Waals surface area contributed by atoms with Crippen molar-refractivity contribution >= 4 is 16.1 Å². The van der Waals surface area contributed by atoms with Gasteiger partial charge in [-0.15, -0.1) is 0 Å². The van der Waals surface area contributed by atoms with Gasteiger partial charge in [0, 0.05) is 32.2 Å². The number of benzene rings is 1. The van der Waals surface area contributed by atoms with E-state index in [4.69, 9.17) is 0 Å². The topological polar surface area (TPSA) is 81.8 Å². The van der Waals surface area contributed by atoms with Gasteiger partial charge in [0.05, 0.1) is 11.4 Å². The van der Waals surface area contributed by atoms with Crippen LogP contribution in [0.25, 0.3) is 0 Å². The highest BCUT2D eigenvalue weighted by Crippen LogP contribution is 2.22. The number of urea groups is 1. The summed E-state index contributed by atoms with van der Waals surface area (Å²) in [7, 11) is -3.59. The Hall–Kier alpha value is -1.85. The predicted molar refractivity (Wildman–Crippen MR) is 105 cm³/mol. The second kappa shape index (κ2) is 9.52. The Labute approximate surface area is 174 Å². The fourth-order valence-corrected chi connectivity index (χ4v) is 5.23. The van der Waals surface area contributed by atoms with Crippen LogP contribution in [0.2, 0.25) is 0 Å². The van der Waals surface area contributed by atoms with Crippen molar-refractivity contribution in [2.75, 3.05) is 39.3 Å². The van der Waals surface area contributed by atoms with Crippen LogP contribution in [-0.2, 0) is 10.0 Å². The summed E-state index contributed by atoms with van der Waals surface area (Å²) in [5, 5.41) is 2.81. The molecule has 2 aliphatic heterocycles. The number of hydrogen-bond donors (Lipinski definition) is 2. The molecular formula is C19H27F3N4O3S. The normalized spacial score (nSPS) is 21.7. The molecule has 0 saturated carbocycles. The SMILES string of the molecule is O=C(NCC1CCN(CC(F)(F)F)C1)N1CCC(NS(=O)(=O)c2ccccc2)CC1. The van der Waals surface area contributed by atoms with Crippen molar-refractivity contribution in [2.24, 2.45) is 5.92 Å². The summed E-state index contributed by atoms with van der Waals surface area (Å²) in [6.45, 7) is 0.963. The highest BCUT2D eigenvalue weighted by molar-refractivity contribution is 7.89. The molecule has 0 bridgehead atoms. The molecule has 168 valence electrons. The first-order valence-electron chi connectivity index (χ1n) is 10.0. The summed E-state index contributed by atoms with van der Waals surface area (Å²) >= 11 is 0. The number of hydrogen-bond acceptors (Lipinski definition) is 4. The minimum atomic E-state index is -4.20. The minimum absolute atomic E-state index is 0.00604. The molecule has 1 unspecified atom stereocenters. The number of nitrogens with one attached hydrogen (secondary N) is 2. The van der Waals surface area contributed by atoms with E-state index in [0.29, 0.717) is 52.0 Å². The van der Waals surface area contributed by atoms with Gasteiger partial charge in [0.25, 0.3) is 0 Å². The van der Waals surface area contributed by atoms with Crippen molar-refractivity contribution in [2.45, 2.75) is 36.4 Å². The van der Waals surface area contributed by atoms with Gasteiger partial charge in [-0.3, -0.25) is 4.90 Å². The average molecular weight is 449 g/mol. The second-order valence-electron chi connectivity index (χ2n) is 7.89. The summed E-state index contributed by atoms with van der Waals surface area (Å²) < 4.78 is 64.9. The zero-order chi connectivity index (χ0) is 21.8. The summed E-state index contributed by atoms with van der Waals surface area (Å²) in [6, 6.07) is 7.63. The molecule has 3 rings (SSSR count). The van der Waals surface area contributed by atoms with E-state index < -0.39 is 22.7 Å². The van der Waals surface area contributed by atoms with Crippen LogP contribution in [0.5, 0.6) is 0 Å². The first-order valence-corrected chi connectivity index (χ1v) is 11.5. The van der Waals surface area contributed by atoms with E-state index in [1.54, 1.807) is 23.1 Å². The molecule has 2 heterocycles. The molecule has 0 aromatic heterocycles. The summed E-state index contributed by atoms with van der Waals surface area (Å²) in [5.41, 5.74) is 0. The Bertz CT molecular complexity index is 812. The third-order valence-electron chi connectivity index (χ3n) is 5.47. The lowest BCUT2D eigenvalue weighted by Gasteiger charge is -2.32. The first kappa shape index (κ1) is 22.8. The van der Waals surface area contributed by atoms with Crippen LogP contribution in [-0.4, -0.2) is 75.7 Å². The van der Waals surface area contributed by atoms with Crippen LogP contribution in [0.4, 0.5) is 18.0 Å². The van der Waals surface area contributed by atoms with Crippen molar-refractivity contribution in [1.29, 1.82) is 0 Å². The number of likely N-dealkylation sites (tertiary alicyclic amines) is 2. The number of sulfonamides is 1. The Kier molecular flexibility index (Phi) is 7.25. The van der Waals surface area contributed by atoms with Gasteiger partial charge in [0.1, 0.15) is 0 Å². The molecular weight excluding hydrogens is 421 g/mol. The zero-order valence-electron chi connectivity index (χ0n) is 16.6. The van der Waals surface area contributed by atoms with Gasteiger partial charge in [-0.1, -0.05) is 18.2 Å². The van der Waals surface area contributed by atoms with E-state index in [2.05, 4.69) is 10.0 Å². The van der Waals surface area contributed by atoms with Gasteiger partial charge < -0.3 is 10.2 Å². The molecule has 7 nitrogen and oxygen atoms in total. The first-order chi connectivity index (χ1) is 14.1. The highest BCUT2D eigenvalue weighted by Gasteiger charge is 2.34. The van der Waals surface area contributed by atoms with Gasteiger partial charge in [-0.05, 0) is 43.9 Å². The van der Waals surface area contributed by atoms with E-state index in [1.165, 1.54) is 17.0 Å². The monoisotopic (exact) mass is 448 g/mol. The summed E-state index contributed by atoms with van der Waals surface area (Å²) in [6.07, 6.45) is -2.57. The molecule has 1 aromatic rings. The molecule has 1 aromatic carbocycles. The van der Waals surface area contributed by atoms with Crippen LogP contribution in [0.15, 0.2) is 35.2 Å². The minimum Gasteiger partial charge on any atom is -0.338 e. The lowest BCUT2D eigenvalue weighted by molar-refractivity contribution is -0.143. The molecule has 2 saturated heterocycles. The van der Waals surface area contributed by atoms with E-state index in [-0.39, 0.29) is 22.9 Å². The third-order valence-corrected chi connectivity index (χ3v) is 7.01. The average Bonchev–Trinajstić information content (AvgIpc) is 3.12. The molecule has 2 fully saturated rings. The van der Waals surface area contributed by atoms with Gasteiger partial charge in [-0.2, -0.15) is 13.2 Å². The number of halogens is 3. The van der Waals surface area contributed by atoms with Crippen molar-refractivity contribution in [3.05, 3.63) is 30.3 Å². The van der Waals surface area contributed by atoms with Gasteiger partial charge >= 0.3 is 12.2 Å². The van der Waals surface area contributed by atoms with Crippen LogP contribution < -0.4 is 10.0 Å². The number of nitrogens with zero attached hydrogens (tertiary/aromatic N) is 2. The predicted octanol–water partition coefficient (Wildman–Crippen LogP) is 2.02. The van der Waals surface area contributed by atoms with E-state index in [0.717, 1.165) is 0 Å². The van der Waals surface area contributed by atoms with Crippen LogP contribution in [0.1, 0.15) is 19.3 Å². The van der Waals surface area contributed by atoms with Gasteiger partial charge in [0.2, 0.25) is 10.0 Å². The molecule has 2 amide bonds. The second-order valence-corrected chi connectivity index (χ2v) is 9.60. The molecule has 30 heavy (non-hydrogen) atoms. The maximum Gasteiger partial charge on any atom is 0.401 e. The number of amides is 2. The Balaban J connectivity index is 1.38. The van der Waals surface area contributed by atoms with E-state index in [1.807, 2.05) is 0 Å². The molecule has 0 aliphatic carbocycles. The molecule has 1 atom stereocenters. The number of carbonyl (C=O) groups is 1. The largest absolute Gasteiger partial charge is 0.401 e. The Morgan fingerprint density at radius 1 is 1.07 bits per heavy atom. The third kappa shape index (κ3) is 6.58. The van der Waals surface area contributed by atoms with Gasteiger partial charge in [0.15, 0.2) is 0 Å². The number of piperidine rings is 1. The molecule has 0 spiro atoms. The summed E-state index contributed by atoms with van der Waals surface area (Å²) in [4.78, 5) is 15.6. The lowest BCUT2D eigenvalue weighted by Crippen LogP contribution is -2.50. The quantitative estimate of drug-likeness (QED) is 0.698. The Morgan fingerprint density at radius 3 is 2.37 bits per heavy atom. The fraction of sp³-hybridized carbons (Fsp3) is 0.632. The lowest BCUT2D eigenvalue weighted by atomic mass is 10.1. The maximum absolute atomic E-state index is 12.5. The summed E-state index contributed by atoms with van der Waals surface area (Å²) in [5.74, 6) is 0.00604. The van der Waals surface area contributed by atoms with Crippen molar-refractivity contribution in [1.82, 2.24) is 19.8 Å². The number of carbonyl (C=O) groups excluding carboxylic acids is 1. The van der Waals surface area contributed by atoms with Crippen LogP contribution in [0.3, 0.4) is 0 Å². The highest BCUT2D eigenvalue weighted by atomic mass is 32.2. The van der Waals surface area contributed by atoms with Crippen LogP contribution >= 0.6 is 0 Å². The van der Waals surface area contributed by atoms with Crippen molar-refractivity contribution in [3.8, 4) is 0 Å². The Morgan fingerprint density at radius 2 is 1.73 bits per heavy atom. The fourth-order valence-electron chi connectivity index (χ4n) is 3.91. The zero-order valence-corrected chi connectivity index (χ0v) is 17.4. The molecule has 11 heteroatoms. The van der Waals surface area contributed by atoms with Gasteiger partial charge in [-0.25, -0.2) is 17.9 Å². The van der Waals surface area contributed by atoms with E-state index in [9.17, 15) is 26.4 Å². The number of rotatable bonds is 6. The number of alkyl halides is 3. The molecule has 2 N–H and O–H groups in total. The maximum atomic E-state index is 12.5. The van der Waals surface area contributed by atoms with E-state index >= 15 is 0 Å². The van der Waals surface area contributed by atoms with Crippen LogP contribution in [0, 0.1) is 5.92 Å². The van der Waals surface area contributed by atoms with Crippen molar-refractivity contribution in [3.63, 3.8) is 0 Å². The molecule has 0 radical (unpaired) electrons. The smallest absolute Gasteiger partial charge is 0.338 e. The standard InChI is InChI=1S/C19H27F3N4O3S/c20-19(21,22)14-25-9-6-15(13-25)12-23-18(27)26-10-7-16(8-11-26)24-30(28,29)17-4-2-1-3-5-17/h1-5,15-16,24H,6-14H2,(H,23,27). The molecule has 2 aliphatic rings. The van der Waals surface area contributed by atoms with Crippen molar-refractivity contribution < 1.29 is 26.4 Å².